The summed E-state index contributed by atoms with van der Waals surface area (Å²) in [5.74, 6) is -1.99. The molecular formula is C30H33F2N3O4S. The molecule has 7 nitrogen and oxygen atoms in total. The van der Waals surface area contributed by atoms with Crippen LogP contribution in [-0.2, 0) is 26.2 Å². The Kier molecular flexibility index (Phi) is 9.19. The van der Waals surface area contributed by atoms with E-state index in [2.05, 4.69) is 5.32 Å². The molecule has 212 valence electrons. The molecule has 0 heterocycles. The van der Waals surface area contributed by atoms with Gasteiger partial charge in [-0.2, -0.15) is 0 Å². The van der Waals surface area contributed by atoms with Crippen LogP contribution in [0, 0.1) is 18.6 Å². The van der Waals surface area contributed by atoms with Gasteiger partial charge in [-0.3, -0.25) is 13.9 Å². The van der Waals surface area contributed by atoms with E-state index in [4.69, 9.17) is 0 Å². The largest absolute Gasteiger partial charge is 0.352 e. The van der Waals surface area contributed by atoms with E-state index in [-0.39, 0.29) is 29.1 Å². The molecule has 1 atom stereocenters. The van der Waals surface area contributed by atoms with Gasteiger partial charge < -0.3 is 10.2 Å². The second-order valence-electron chi connectivity index (χ2n) is 10.1. The summed E-state index contributed by atoms with van der Waals surface area (Å²) in [4.78, 5) is 28.3. The van der Waals surface area contributed by atoms with Crippen molar-refractivity contribution in [1.82, 2.24) is 10.2 Å². The molecule has 1 aliphatic rings. The second-order valence-corrected chi connectivity index (χ2v) is 12.0. The highest BCUT2D eigenvalue weighted by atomic mass is 32.2. The molecule has 1 aliphatic carbocycles. The summed E-state index contributed by atoms with van der Waals surface area (Å²) >= 11 is 0. The summed E-state index contributed by atoms with van der Waals surface area (Å²) in [6.45, 7) is 2.73. The lowest BCUT2D eigenvalue weighted by Crippen LogP contribution is -2.52. The molecule has 0 unspecified atom stereocenters. The van der Waals surface area contributed by atoms with E-state index in [0.717, 1.165) is 47.7 Å². The van der Waals surface area contributed by atoms with Gasteiger partial charge in [-0.15, -0.1) is 0 Å². The van der Waals surface area contributed by atoms with Gasteiger partial charge in [0.1, 0.15) is 24.2 Å². The monoisotopic (exact) mass is 569 g/mol. The summed E-state index contributed by atoms with van der Waals surface area (Å²) in [7, 11) is -4.24. The minimum Gasteiger partial charge on any atom is -0.352 e. The maximum absolute atomic E-state index is 13.9. The maximum atomic E-state index is 13.9. The average Bonchev–Trinajstić information content (AvgIpc) is 3.44. The summed E-state index contributed by atoms with van der Waals surface area (Å²) < 4.78 is 55.7. The van der Waals surface area contributed by atoms with E-state index >= 15 is 0 Å². The third kappa shape index (κ3) is 7.04. The van der Waals surface area contributed by atoms with E-state index in [1.54, 1.807) is 19.1 Å². The smallest absolute Gasteiger partial charge is 0.264 e. The number of carbonyl (C=O) groups excluding carboxylic acids is 2. The topological polar surface area (TPSA) is 86.8 Å². The number of anilines is 1. The number of hydrogen-bond donors (Lipinski definition) is 1. The predicted molar refractivity (Wildman–Crippen MR) is 149 cm³/mol. The minimum atomic E-state index is -4.24. The van der Waals surface area contributed by atoms with Crippen LogP contribution in [0.4, 0.5) is 14.5 Å². The summed E-state index contributed by atoms with van der Waals surface area (Å²) in [6.07, 6.45) is 3.75. The lowest BCUT2D eigenvalue weighted by molar-refractivity contribution is -0.139. The first kappa shape index (κ1) is 29.2. The van der Waals surface area contributed by atoms with E-state index in [1.807, 2.05) is 6.92 Å². The van der Waals surface area contributed by atoms with E-state index < -0.39 is 40.2 Å². The number of nitrogens with one attached hydrogen (secondary N) is 1. The molecule has 1 N–H and O–H groups in total. The quantitative estimate of drug-likeness (QED) is 0.375. The molecular weight excluding hydrogens is 536 g/mol. The van der Waals surface area contributed by atoms with Crippen LogP contribution in [0.2, 0.25) is 0 Å². The molecule has 2 amide bonds. The van der Waals surface area contributed by atoms with Gasteiger partial charge in [0, 0.05) is 12.6 Å². The third-order valence-corrected chi connectivity index (χ3v) is 8.93. The Balaban J connectivity index is 1.67. The molecule has 3 aromatic rings. The standard InChI is InChI=1S/C30H33F2N3O4S/c1-21-7-17-28(18-8-21)40(38,39)35(27-15-13-25(32)14-16-27)20-29(36)34(19-23-9-11-24(31)12-10-23)22(2)30(37)33-26-5-3-4-6-26/h7-18,22,26H,3-6,19-20H2,1-2H3,(H,33,37)/t22-/m1/s1. The lowest BCUT2D eigenvalue weighted by Gasteiger charge is -2.32. The van der Waals surface area contributed by atoms with Crippen molar-refractivity contribution in [3.05, 3.63) is 95.6 Å². The van der Waals surface area contributed by atoms with Gasteiger partial charge in [-0.25, -0.2) is 17.2 Å². The molecule has 1 fully saturated rings. The maximum Gasteiger partial charge on any atom is 0.264 e. The van der Waals surface area contributed by atoms with Crippen molar-refractivity contribution in [1.29, 1.82) is 0 Å². The van der Waals surface area contributed by atoms with Gasteiger partial charge in [0.05, 0.1) is 10.6 Å². The zero-order valence-corrected chi connectivity index (χ0v) is 23.3. The molecule has 0 aromatic heterocycles. The fourth-order valence-corrected chi connectivity index (χ4v) is 6.15. The van der Waals surface area contributed by atoms with Crippen molar-refractivity contribution in [2.75, 3.05) is 10.8 Å². The predicted octanol–water partition coefficient (Wildman–Crippen LogP) is 4.94. The Hall–Kier alpha value is -3.79. The van der Waals surface area contributed by atoms with Crippen molar-refractivity contribution < 1.29 is 26.8 Å². The molecule has 0 aliphatic heterocycles. The second kappa shape index (κ2) is 12.6. The first-order chi connectivity index (χ1) is 19.0. The first-order valence-corrected chi connectivity index (χ1v) is 14.7. The summed E-state index contributed by atoms with van der Waals surface area (Å²) in [5.41, 5.74) is 1.53. The number of carbonyl (C=O) groups is 2. The van der Waals surface area contributed by atoms with Crippen molar-refractivity contribution >= 4 is 27.5 Å². The Morgan fingerprint density at radius 2 is 1.45 bits per heavy atom. The van der Waals surface area contributed by atoms with Gasteiger partial charge in [-0.05, 0) is 80.8 Å². The number of sulfonamides is 1. The fraction of sp³-hybridized carbons (Fsp3) is 0.333. The van der Waals surface area contributed by atoms with Crippen molar-refractivity contribution in [3.63, 3.8) is 0 Å². The number of benzene rings is 3. The van der Waals surface area contributed by atoms with Gasteiger partial charge in [-0.1, -0.05) is 42.7 Å². The number of amides is 2. The Bertz CT molecular complexity index is 1420. The highest BCUT2D eigenvalue weighted by Crippen LogP contribution is 2.25. The van der Waals surface area contributed by atoms with E-state index in [9.17, 15) is 26.8 Å². The fourth-order valence-electron chi connectivity index (χ4n) is 4.73. The van der Waals surface area contributed by atoms with Crippen LogP contribution in [0.3, 0.4) is 0 Å². The number of rotatable bonds is 10. The van der Waals surface area contributed by atoms with Gasteiger partial charge in [0.25, 0.3) is 10.0 Å². The Morgan fingerprint density at radius 1 is 0.900 bits per heavy atom. The molecule has 3 aromatic carbocycles. The summed E-state index contributed by atoms with van der Waals surface area (Å²) in [5, 5.41) is 3.00. The molecule has 0 spiro atoms. The molecule has 40 heavy (non-hydrogen) atoms. The number of nitrogens with zero attached hydrogens (tertiary/aromatic N) is 2. The summed E-state index contributed by atoms with van der Waals surface area (Å²) in [6, 6.07) is 15.6. The van der Waals surface area contributed by atoms with Crippen molar-refractivity contribution in [2.24, 2.45) is 0 Å². The number of hydrogen-bond acceptors (Lipinski definition) is 4. The van der Waals surface area contributed by atoms with E-state index in [0.29, 0.717) is 5.56 Å². The van der Waals surface area contributed by atoms with Crippen molar-refractivity contribution in [2.45, 2.75) is 63.1 Å². The van der Waals surface area contributed by atoms with Crippen LogP contribution in [-0.4, -0.2) is 43.8 Å². The Morgan fingerprint density at radius 3 is 2.02 bits per heavy atom. The van der Waals surface area contributed by atoms with Gasteiger partial charge in [0.2, 0.25) is 11.8 Å². The molecule has 10 heteroatoms. The number of halogens is 2. The molecule has 4 rings (SSSR count). The van der Waals surface area contributed by atoms with E-state index in [1.165, 1.54) is 53.4 Å². The third-order valence-electron chi connectivity index (χ3n) is 7.14. The van der Waals surface area contributed by atoms with Gasteiger partial charge in [0.15, 0.2) is 0 Å². The van der Waals surface area contributed by atoms with Crippen LogP contribution in [0.25, 0.3) is 0 Å². The zero-order chi connectivity index (χ0) is 28.9. The van der Waals surface area contributed by atoms with Crippen LogP contribution in [0.5, 0.6) is 0 Å². The van der Waals surface area contributed by atoms with Crippen LogP contribution in [0.1, 0.15) is 43.7 Å². The highest BCUT2D eigenvalue weighted by Gasteiger charge is 2.33. The minimum absolute atomic E-state index is 0.0235. The number of aryl methyl sites for hydroxylation is 1. The van der Waals surface area contributed by atoms with Crippen molar-refractivity contribution in [3.8, 4) is 0 Å². The highest BCUT2D eigenvalue weighted by molar-refractivity contribution is 7.92. The lowest BCUT2D eigenvalue weighted by atomic mass is 10.1. The van der Waals surface area contributed by atoms with Crippen LogP contribution in [0.15, 0.2) is 77.7 Å². The molecule has 1 saturated carbocycles. The van der Waals surface area contributed by atoms with Gasteiger partial charge >= 0.3 is 0 Å². The normalized spacial score (nSPS) is 14.5. The zero-order valence-electron chi connectivity index (χ0n) is 22.5. The first-order valence-electron chi connectivity index (χ1n) is 13.2. The SMILES string of the molecule is Cc1ccc(S(=O)(=O)N(CC(=O)N(Cc2ccc(F)cc2)[C@H](C)C(=O)NC2CCCC2)c2ccc(F)cc2)cc1. The average molecular weight is 570 g/mol. The van der Waals surface area contributed by atoms with Crippen LogP contribution < -0.4 is 9.62 Å². The molecule has 0 bridgehead atoms. The Labute approximate surface area is 233 Å². The molecule has 0 radical (unpaired) electrons. The van der Waals surface area contributed by atoms with Crippen LogP contribution >= 0.6 is 0 Å². The molecule has 0 saturated heterocycles.